The van der Waals surface area contributed by atoms with Crippen molar-refractivity contribution in [3.8, 4) is 0 Å². The second-order valence-corrected chi connectivity index (χ2v) is 4.46. The van der Waals surface area contributed by atoms with Gasteiger partial charge < -0.3 is 5.11 Å². The molecule has 0 heterocycles. The van der Waals surface area contributed by atoms with Crippen LogP contribution in [0.3, 0.4) is 0 Å². The number of unbranched alkanes of at least 4 members (excludes halogenated alkanes) is 3. The minimum Gasteiger partial charge on any atom is -0.481 e. The minimum absolute atomic E-state index is 0. The zero-order valence-electron chi connectivity index (χ0n) is 9.07. The summed E-state index contributed by atoms with van der Waals surface area (Å²) in [5, 5.41) is 8.32. The van der Waals surface area contributed by atoms with Gasteiger partial charge >= 0.3 is 14.0 Å². The molecule has 0 aliphatic rings. The van der Waals surface area contributed by atoms with Gasteiger partial charge in [0.05, 0.1) is 6.42 Å². The van der Waals surface area contributed by atoms with Crippen LogP contribution in [-0.2, 0) is 35.6 Å². The van der Waals surface area contributed by atoms with E-state index >= 15 is 0 Å². The second-order valence-electron chi connectivity index (χ2n) is 3.09. The molecule has 86 valence electrons. The Bertz CT molecular complexity index is 187. The molecular weight excluding hydrogens is 251 g/mol. The van der Waals surface area contributed by atoms with E-state index in [0.29, 0.717) is 6.61 Å². The van der Waals surface area contributed by atoms with Crippen LogP contribution < -0.4 is 0 Å². The molecule has 1 unspecified atom stereocenters. The van der Waals surface area contributed by atoms with Gasteiger partial charge in [-0.2, -0.15) is 0 Å². The first kappa shape index (κ1) is 17.6. The third-order valence-electron chi connectivity index (χ3n) is 1.74. The number of carboxylic acids is 1. The van der Waals surface area contributed by atoms with Gasteiger partial charge in [-0.3, -0.25) is 4.79 Å². The van der Waals surface area contributed by atoms with Crippen molar-refractivity contribution >= 4 is 14.0 Å². The number of carboxylic acid groups (broad SMARTS) is 1. The summed E-state index contributed by atoms with van der Waals surface area (Å²) in [6, 6.07) is 0. The molecule has 15 heavy (non-hydrogen) atoms. The summed E-state index contributed by atoms with van der Waals surface area (Å²) in [6.07, 6.45) is 4.35. The minimum atomic E-state index is -1.76. The third-order valence-corrected chi connectivity index (χ3v) is 2.80. The van der Waals surface area contributed by atoms with Crippen molar-refractivity contribution in [2.45, 2.75) is 39.0 Å². The molecule has 0 saturated carbocycles. The van der Waals surface area contributed by atoms with E-state index in [-0.39, 0.29) is 34.3 Å². The Morgan fingerprint density at radius 1 is 1.33 bits per heavy atom. The first-order valence-corrected chi connectivity index (χ1v) is 6.32. The Kier molecular flexibility index (Phi) is 14.5. The molecule has 0 saturated heterocycles. The Morgan fingerprint density at radius 3 is 2.53 bits per heavy atom. The maximum Gasteiger partial charge on any atom is 0.508 e. The summed E-state index contributed by atoms with van der Waals surface area (Å²) in [6.45, 7) is 2.60. The van der Waals surface area contributed by atoms with Gasteiger partial charge in [0.25, 0.3) is 0 Å². The molecule has 0 amide bonds. The predicted molar refractivity (Wildman–Crippen MR) is 54.8 cm³/mol. The van der Waals surface area contributed by atoms with Crippen LogP contribution in [0, 0.1) is 0 Å². The summed E-state index contributed by atoms with van der Waals surface area (Å²) in [5.74, 6) is -0.928. The largest absolute Gasteiger partial charge is 0.508 e. The molecule has 0 aliphatic carbocycles. The molecule has 0 aromatic heterocycles. The summed E-state index contributed by atoms with van der Waals surface area (Å²) < 4.78 is 16.0. The molecule has 0 rings (SSSR count). The molecule has 0 aromatic carbocycles. The van der Waals surface area contributed by atoms with E-state index in [4.69, 9.17) is 9.63 Å². The number of rotatable bonds is 9. The summed E-state index contributed by atoms with van der Waals surface area (Å²) in [4.78, 5) is 10.1. The van der Waals surface area contributed by atoms with E-state index in [1.165, 1.54) is 0 Å². The zero-order chi connectivity index (χ0) is 10.8. The average molecular weight is 269 g/mol. The van der Waals surface area contributed by atoms with Gasteiger partial charge in [-0.1, -0.05) is 26.2 Å². The van der Waals surface area contributed by atoms with Crippen LogP contribution in [0.25, 0.3) is 0 Å². The van der Waals surface area contributed by atoms with E-state index in [0.717, 1.165) is 25.7 Å². The Hall–Kier alpha value is 0.244. The molecule has 0 aromatic rings. The van der Waals surface area contributed by atoms with Crippen LogP contribution in [0.15, 0.2) is 0 Å². The molecule has 0 radical (unpaired) electrons. The van der Waals surface area contributed by atoms with E-state index < -0.39 is 14.0 Å². The fraction of sp³-hybridized carbons (Fsp3) is 0.889. The predicted octanol–water partition coefficient (Wildman–Crippen LogP) is 2.80. The molecule has 1 N–H and O–H groups in total. The molecule has 0 aliphatic heterocycles. The van der Waals surface area contributed by atoms with Gasteiger partial charge in [0.1, 0.15) is 6.61 Å². The van der Waals surface area contributed by atoms with Gasteiger partial charge in [0, 0.05) is 21.7 Å². The molecule has 1 atom stereocenters. The monoisotopic (exact) mass is 269 g/mol. The van der Waals surface area contributed by atoms with Crippen molar-refractivity contribution in [3.63, 3.8) is 0 Å². The number of carbonyl (C=O) groups is 1. The van der Waals surface area contributed by atoms with Crippen molar-refractivity contribution in [2.75, 3.05) is 12.8 Å². The van der Waals surface area contributed by atoms with Crippen LogP contribution in [0.1, 0.15) is 39.0 Å². The fourth-order valence-electron chi connectivity index (χ4n) is 0.947. The van der Waals surface area contributed by atoms with E-state index in [1.54, 1.807) is 0 Å². The maximum atomic E-state index is 11.0. The Morgan fingerprint density at radius 2 is 2.00 bits per heavy atom. The standard InChI is InChI=1S/C9H17O4P.Ti/c1-2-3-4-5-7-13-14(12)8-6-9(10)11;/h2-8H2,1H3;/p+1. The molecule has 0 fully saturated rings. The Labute approximate surface area is 107 Å². The molecule has 6 heteroatoms. The van der Waals surface area contributed by atoms with E-state index in [1.807, 2.05) is 0 Å². The molecule has 4 nitrogen and oxygen atoms in total. The number of aliphatic carboxylic acids is 1. The first-order valence-electron chi connectivity index (χ1n) is 4.96. The smallest absolute Gasteiger partial charge is 0.481 e. The van der Waals surface area contributed by atoms with Crippen LogP contribution in [0.4, 0.5) is 0 Å². The molecule has 0 bridgehead atoms. The van der Waals surface area contributed by atoms with Crippen LogP contribution in [-0.4, -0.2) is 23.8 Å². The SMILES string of the molecule is CCCCCCO[P+](=O)CCC(=O)O.[Ti]. The van der Waals surface area contributed by atoms with Crippen molar-refractivity contribution in [2.24, 2.45) is 0 Å². The third kappa shape index (κ3) is 14.2. The number of hydrogen-bond donors (Lipinski definition) is 1. The van der Waals surface area contributed by atoms with Crippen LogP contribution in [0.5, 0.6) is 0 Å². The topological polar surface area (TPSA) is 63.6 Å². The van der Waals surface area contributed by atoms with Gasteiger partial charge in [-0.05, 0) is 11.0 Å². The molecular formula is C9H18O4PTi+. The summed E-state index contributed by atoms with van der Waals surface area (Å²) >= 11 is 0. The van der Waals surface area contributed by atoms with Crippen molar-refractivity contribution in [1.29, 1.82) is 0 Å². The quantitative estimate of drug-likeness (QED) is 0.397. The average Bonchev–Trinajstić information content (AvgIpc) is 2.14. The van der Waals surface area contributed by atoms with Crippen LogP contribution in [0.2, 0.25) is 0 Å². The van der Waals surface area contributed by atoms with Crippen LogP contribution >= 0.6 is 8.03 Å². The van der Waals surface area contributed by atoms with Crippen molar-refractivity contribution in [1.82, 2.24) is 0 Å². The van der Waals surface area contributed by atoms with Gasteiger partial charge in [0.15, 0.2) is 6.16 Å². The Balaban J connectivity index is 0. The fourth-order valence-corrected chi connectivity index (χ4v) is 1.78. The zero-order valence-corrected chi connectivity index (χ0v) is 11.5. The van der Waals surface area contributed by atoms with Gasteiger partial charge in [-0.25, -0.2) is 0 Å². The first-order chi connectivity index (χ1) is 6.66. The summed E-state index contributed by atoms with van der Waals surface area (Å²) in [5.41, 5.74) is 0. The second kappa shape index (κ2) is 12.3. The number of hydrogen-bond acceptors (Lipinski definition) is 3. The van der Waals surface area contributed by atoms with Crippen molar-refractivity contribution in [3.05, 3.63) is 0 Å². The van der Waals surface area contributed by atoms with Gasteiger partial charge in [-0.15, -0.1) is 4.52 Å². The van der Waals surface area contributed by atoms with Crippen molar-refractivity contribution < 1.29 is 40.7 Å². The molecule has 0 spiro atoms. The maximum absolute atomic E-state index is 11.0. The van der Waals surface area contributed by atoms with E-state index in [9.17, 15) is 9.36 Å². The normalized spacial score (nSPS) is 10.6. The van der Waals surface area contributed by atoms with E-state index in [2.05, 4.69) is 6.92 Å². The van der Waals surface area contributed by atoms with Gasteiger partial charge in [0.2, 0.25) is 0 Å². The summed E-state index contributed by atoms with van der Waals surface area (Å²) in [7, 11) is -1.76.